The molecule has 0 spiro atoms. The van der Waals surface area contributed by atoms with E-state index in [2.05, 4.69) is 19.2 Å². The smallest absolute Gasteiger partial charge is 0.157 e. The summed E-state index contributed by atoms with van der Waals surface area (Å²) in [5.74, 6) is 1.73. The highest BCUT2D eigenvalue weighted by molar-refractivity contribution is 7.90. The summed E-state index contributed by atoms with van der Waals surface area (Å²) < 4.78 is 29.5. The minimum Gasteiger partial charge on any atom is -0.464 e. The summed E-state index contributed by atoms with van der Waals surface area (Å²) in [5.41, 5.74) is 0. The van der Waals surface area contributed by atoms with Crippen LogP contribution in [0.3, 0.4) is 0 Å². The lowest BCUT2D eigenvalue weighted by Gasteiger charge is -2.08. The van der Waals surface area contributed by atoms with E-state index in [1.807, 2.05) is 19.9 Å². The number of hydrogen-bond donors (Lipinski definition) is 1. The first-order valence-electron chi connectivity index (χ1n) is 6.83. The predicted molar refractivity (Wildman–Crippen MR) is 77.6 cm³/mol. The minimum absolute atomic E-state index is 0.000974. The second-order valence-corrected chi connectivity index (χ2v) is 7.58. The molecule has 19 heavy (non-hydrogen) atoms. The first-order valence-corrected chi connectivity index (χ1v) is 8.66. The van der Waals surface area contributed by atoms with Gasteiger partial charge in [0.25, 0.3) is 0 Å². The van der Waals surface area contributed by atoms with Crippen LogP contribution < -0.4 is 5.32 Å². The zero-order valence-corrected chi connectivity index (χ0v) is 13.1. The van der Waals surface area contributed by atoms with E-state index in [0.29, 0.717) is 18.3 Å². The largest absolute Gasteiger partial charge is 0.464 e. The third-order valence-corrected chi connectivity index (χ3v) is 4.80. The zero-order valence-electron chi connectivity index (χ0n) is 12.3. The van der Waals surface area contributed by atoms with Crippen molar-refractivity contribution in [2.45, 2.75) is 52.5 Å². The number of rotatable bonds is 8. The molecule has 0 aromatic carbocycles. The molecule has 1 heterocycles. The molecule has 1 aromatic heterocycles. The number of furan rings is 1. The SMILES string of the molecule is CCC(C)CS(=O)(=O)Cc1ccc(CNC(C)C)o1. The maximum Gasteiger partial charge on any atom is 0.157 e. The summed E-state index contributed by atoms with van der Waals surface area (Å²) in [5, 5.41) is 3.24. The van der Waals surface area contributed by atoms with E-state index >= 15 is 0 Å². The van der Waals surface area contributed by atoms with Crippen LogP contribution in [0.4, 0.5) is 0 Å². The number of hydrogen-bond acceptors (Lipinski definition) is 4. The number of sulfone groups is 1. The van der Waals surface area contributed by atoms with Gasteiger partial charge in [0.2, 0.25) is 0 Å². The zero-order chi connectivity index (χ0) is 14.5. The van der Waals surface area contributed by atoms with Crippen LogP contribution in [0, 0.1) is 5.92 Å². The Bertz CT molecular complexity index is 477. The van der Waals surface area contributed by atoms with Crippen LogP contribution >= 0.6 is 0 Å². The molecule has 1 aromatic rings. The van der Waals surface area contributed by atoms with Crippen LogP contribution in [0.1, 0.15) is 45.6 Å². The van der Waals surface area contributed by atoms with Crippen molar-refractivity contribution in [2.75, 3.05) is 5.75 Å². The minimum atomic E-state index is -3.08. The Kier molecular flexibility index (Phi) is 6.07. The van der Waals surface area contributed by atoms with Crippen LogP contribution in [0.25, 0.3) is 0 Å². The fourth-order valence-electron chi connectivity index (χ4n) is 1.73. The third kappa shape index (κ3) is 6.25. The Balaban J connectivity index is 2.57. The average molecular weight is 287 g/mol. The molecule has 1 unspecified atom stereocenters. The van der Waals surface area contributed by atoms with Gasteiger partial charge in [0.1, 0.15) is 17.3 Å². The summed E-state index contributed by atoms with van der Waals surface area (Å²) in [6.45, 7) is 8.70. The molecule has 0 aliphatic heterocycles. The lowest BCUT2D eigenvalue weighted by Crippen LogP contribution is -2.21. The van der Waals surface area contributed by atoms with E-state index in [0.717, 1.165) is 12.2 Å². The Morgan fingerprint density at radius 2 is 1.84 bits per heavy atom. The molecular formula is C14H25NO3S. The quantitative estimate of drug-likeness (QED) is 0.798. The molecule has 0 fully saturated rings. The van der Waals surface area contributed by atoms with Crippen molar-refractivity contribution < 1.29 is 12.8 Å². The topological polar surface area (TPSA) is 59.3 Å². The second-order valence-electron chi connectivity index (χ2n) is 5.47. The summed E-state index contributed by atoms with van der Waals surface area (Å²) >= 11 is 0. The summed E-state index contributed by atoms with van der Waals surface area (Å²) in [6.07, 6.45) is 0.876. The first kappa shape index (κ1) is 16.2. The van der Waals surface area contributed by atoms with Crippen molar-refractivity contribution in [3.63, 3.8) is 0 Å². The van der Waals surface area contributed by atoms with Gasteiger partial charge in [0.15, 0.2) is 9.84 Å². The third-order valence-electron chi connectivity index (χ3n) is 3.00. The molecule has 4 nitrogen and oxygen atoms in total. The molecule has 0 saturated heterocycles. The molecule has 5 heteroatoms. The normalized spacial score (nSPS) is 13.9. The Morgan fingerprint density at radius 3 is 2.42 bits per heavy atom. The van der Waals surface area contributed by atoms with Gasteiger partial charge in [0, 0.05) is 6.04 Å². The van der Waals surface area contributed by atoms with E-state index < -0.39 is 9.84 Å². The maximum absolute atomic E-state index is 12.0. The van der Waals surface area contributed by atoms with Crippen molar-refractivity contribution in [3.8, 4) is 0 Å². The Hall–Kier alpha value is -0.810. The first-order chi connectivity index (χ1) is 8.82. The Labute approximate surface area is 116 Å². The van der Waals surface area contributed by atoms with Crippen molar-refractivity contribution in [1.29, 1.82) is 0 Å². The van der Waals surface area contributed by atoms with Gasteiger partial charge < -0.3 is 9.73 Å². The van der Waals surface area contributed by atoms with Crippen LogP contribution in [0.15, 0.2) is 16.5 Å². The van der Waals surface area contributed by atoms with Crippen molar-refractivity contribution >= 4 is 9.84 Å². The highest BCUT2D eigenvalue weighted by atomic mass is 32.2. The average Bonchev–Trinajstić information content (AvgIpc) is 2.72. The van der Waals surface area contributed by atoms with Gasteiger partial charge >= 0.3 is 0 Å². The monoisotopic (exact) mass is 287 g/mol. The van der Waals surface area contributed by atoms with Gasteiger partial charge in [-0.15, -0.1) is 0 Å². The summed E-state index contributed by atoms with van der Waals surface area (Å²) in [4.78, 5) is 0. The Morgan fingerprint density at radius 1 is 1.21 bits per heavy atom. The fraction of sp³-hybridized carbons (Fsp3) is 0.714. The van der Waals surface area contributed by atoms with E-state index in [4.69, 9.17) is 4.42 Å². The van der Waals surface area contributed by atoms with Gasteiger partial charge in [-0.2, -0.15) is 0 Å². The molecule has 1 atom stereocenters. The highest BCUT2D eigenvalue weighted by Crippen LogP contribution is 2.15. The molecule has 0 aliphatic rings. The van der Waals surface area contributed by atoms with Gasteiger partial charge in [0.05, 0.1) is 12.3 Å². The van der Waals surface area contributed by atoms with E-state index in [9.17, 15) is 8.42 Å². The van der Waals surface area contributed by atoms with Crippen LogP contribution in [0.5, 0.6) is 0 Å². The van der Waals surface area contributed by atoms with Crippen molar-refractivity contribution in [1.82, 2.24) is 5.32 Å². The lowest BCUT2D eigenvalue weighted by molar-refractivity contribution is 0.442. The lowest BCUT2D eigenvalue weighted by atomic mass is 10.2. The molecule has 0 saturated carbocycles. The molecule has 0 bridgehead atoms. The van der Waals surface area contributed by atoms with Gasteiger partial charge in [-0.1, -0.05) is 34.1 Å². The highest BCUT2D eigenvalue weighted by Gasteiger charge is 2.17. The number of nitrogens with one attached hydrogen (secondary N) is 1. The molecule has 1 N–H and O–H groups in total. The summed E-state index contributed by atoms with van der Waals surface area (Å²) in [7, 11) is -3.08. The molecule has 110 valence electrons. The van der Waals surface area contributed by atoms with Gasteiger partial charge in [-0.25, -0.2) is 8.42 Å². The summed E-state index contributed by atoms with van der Waals surface area (Å²) in [6, 6.07) is 3.97. The van der Waals surface area contributed by atoms with Crippen LogP contribution in [0.2, 0.25) is 0 Å². The van der Waals surface area contributed by atoms with E-state index in [1.165, 1.54) is 0 Å². The van der Waals surface area contributed by atoms with Crippen molar-refractivity contribution in [2.24, 2.45) is 5.92 Å². The predicted octanol–water partition coefficient (Wildman–Crippen LogP) is 2.74. The molecule has 1 rings (SSSR count). The molecular weight excluding hydrogens is 262 g/mol. The second kappa shape index (κ2) is 7.10. The van der Waals surface area contributed by atoms with Crippen LogP contribution in [-0.4, -0.2) is 20.2 Å². The van der Waals surface area contributed by atoms with Gasteiger partial charge in [-0.05, 0) is 18.1 Å². The van der Waals surface area contributed by atoms with Crippen LogP contribution in [-0.2, 0) is 22.1 Å². The van der Waals surface area contributed by atoms with E-state index in [-0.39, 0.29) is 17.4 Å². The van der Waals surface area contributed by atoms with E-state index in [1.54, 1.807) is 6.07 Å². The molecule has 0 amide bonds. The molecule has 0 radical (unpaired) electrons. The fourth-order valence-corrected chi connectivity index (χ4v) is 3.54. The standard InChI is InChI=1S/C14H25NO3S/c1-5-12(4)9-19(16,17)10-14-7-6-13(18-14)8-15-11(2)3/h6-7,11-12,15H,5,8-10H2,1-4H3. The van der Waals surface area contributed by atoms with Crippen molar-refractivity contribution in [3.05, 3.63) is 23.7 Å². The maximum atomic E-state index is 12.0. The molecule has 0 aliphatic carbocycles. The van der Waals surface area contributed by atoms with Gasteiger partial charge in [-0.3, -0.25) is 0 Å².